The van der Waals surface area contributed by atoms with Crippen LogP contribution in [-0.2, 0) is 15.1 Å². The van der Waals surface area contributed by atoms with Crippen LogP contribution in [0.3, 0.4) is 0 Å². The summed E-state index contributed by atoms with van der Waals surface area (Å²) in [5, 5.41) is 6.54. The number of azide groups is 1. The molecular weight excluding hydrogens is 272 g/mol. The zero-order valence-electron chi connectivity index (χ0n) is 12.5. The topological polar surface area (TPSA) is 96.3 Å². The van der Waals surface area contributed by atoms with Crippen LogP contribution in [0.2, 0.25) is 0 Å². The average molecular weight is 292 g/mol. The maximum Gasteiger partial charge on any atom is 0.330 e. The smallest absolute Gasteiger partial charge is 0.330 e. The van der Waals surface area contributed by atoms with E-state index < -0.39 is 11.5 Å². The van der Waals surface area contributed by atoms with E-state index in [1.54, 1.807) is 33.1 Å². The fraction of sp³-hybridized carbons (Fsp3) is 0.500. The van der Waals surface area contributed by atoms with Gasteiger partial charge in [0, 0.05) is 23.6 Å². The normalized spacial score (nSPS) is 12.9. The zero-order valence-corrected chi connectivity index (χ0v) is 12.5. The van der Waals surface area contributed by atoms with Gasteiger partial charge in [0.2, 0.25) is 0 Å². The standard InChI is InChI=1S/C14H20N4O3/c1-4-21-13(19)14(2,16-9-10-17-18-15)11-7-5-6-8-12(11)20-3/h5-8,16H,4,9-10H2,1-3H3. The predicted molar refractivity (Wildman–Crippen MR) is 79.0 cm³/mol. The van der Waals surface area contributed by atoms with Crippen LogP contribution in [0.25, 0.3) is 10.4 Å². The second-order valence-electron chi connectivity index (χ2n) is 4.43. The number of carbonyl (C=O) groups is 1. The summed E-state index contributed by atoms with van der Waals surface area (Å²) in [6.45, 7) is 4.33. The minimum absolute atomic E-state index is 0.237. The van der Waals surface area contributed by atoms with Crippen molar-refractivity contribution >= 4 is 5.97 Å². The minimum atomic E-state index is -1.08. The van der Waals surface area contributed by atoms with Crippen LogP contribution >= 0.6 is 0 Å². The average Bonchev–Trinajstić information content (AvgIpc) is 2.51. The number of rotatable bonds is 8. The van der Waals surface area contributed by atoms with Gasteiger partial charge in [0.25, 0.3) is 0 Å². The van der Waals surface area contributed by atoms with Crippen molar-refractivity contribution in [2.24, 2.45) is 5.11 Å². The molecule has 0 spiro atoms. The number of hydrogen-bond donors (Lipinski definition) is 1. The third-order valence-electron chi connectivity index (χ3n) is 3.08. The Balaban J connectivity index is 3.10. The molecule has 0 fully saturated rings. The second-order valence-corrected chi connectivity index (χ2v) is 4.43. The lowest BCUT2D eigenvalue weighted by atomic mass is 9.91. The molecule has 1 unspecified atom stereocenters. The summed E-state index contributed by atoms with van der Waals surface area (Å²) < 4.78 is 10.5. The Morgan fingerprint density at radius 2 is 2.19 bits per heavy atom. The van der Waals surface area contributed by atoms with Crippen molar-refractivity contribution in [3.8, 4) is 5.75 Å². The van der Waals surface area contributed by atoms with Crippen LogP contribution in [-0.4, -0.2) is 32.8 Å². The summed E-state index contributed by atoms with van der Waals surface area (Å²) in [7, 11) is 1.55. The zero-order chi connectivity index (χ0) is 15.7. The summed E-state index contributed by atoms with van der Waals surface area (Å²) >= 11 is 0. The SMILES string of the molecule is CCOC(=O)C(C)(NCCN=[N+]=[N-])c1ccccc1OC. The van der Waals surface area contributed by atoms with Crippen molar-refractivity contribution in [2.75, 3.05) is 26.8 Å². The molecule has 1 aromatic rings. The first-order chi connectivity index (χ1) is 10.1. The first-order valence-electron chi connectivity index (χ1n) is 6.66. The van der Waals surface area contributed by atoms with Gasteiger partial charge in [-0.2, -0.15) is 0 Å². The highest BCUT2D eigenvalue weighted by atomic mass is 16.5. The Morgan fingerprint density at radius 1 is 1.48 bits per heavy atom. The molecule has 0 heterocycles. The first-order valence-corrected chi connectivity index (χ1v) is 6.66. The summed E-state index contributed by atoms with van der Waals surface area (Å²) in [6.07, 6.45) is 0. The van der Waals surface area contributed by atoms with Crippen LogP contribution in [0.5, 0.6) is 5.75 Å². The predicted octanol–water partition coefficient (Wildman–Crippen LogP) is 2.37. The number of nitrogens with one attached hydrogen (secondary N) is 1. The fourth-order valence-corrected chi connectivity index (χ4v) is 2.01. The van der Waals surface area contributed by atoms with Gasteiger partial charge >= 0.3 is 5.97 Å². The Bertz CT molecular complexity index is 529. The molecule has 0 aliphatic rings. The maximum absolute atomic E-state index is 12.4. The molecule has 0 amide bonds. The lowest BCUT2D eigenvalue weighted by molar-refractivity contribution is -0.151. The van der Waals surface area contributed by atoms with Gasteiger partial charge in [0.05, 0.1) is 13.7 Å². The Hall–Kier alpha value is -2.24. The highest BCUT2D eigenvalue weighted by Crippen LogP contribution is 2.30. The minimum Gasteiger partial charge on any atom is -0.496 e. The van der Waals surface area contributed by atoms with Crippen LogP contribution in [0.15, 0.2) is 29.4 Å². The molecule has 7 nitrogen and oxygen atoms in total. The summed E-state index contributed by atoms with van der Waals surface area (Å²) in [5.74, 6) is 0.180. The monoisotopic (exact) mass is 292 g/mol. The number of benzene rings is 1. The van der Waals surface area contributed by atoms with Crippen LogP contribution in [0, 0.1) is 0 Å². The van der Waals surface area contributed by atoms with Gasteiger partial charge in [-0.25, -0.2) is 4.79 Å². The van der Waals surface area contributed by atoms with Crippen molar-refractivity contribution in [1.82, 2.24) is 5.32 Å². The van der Waals surface area contributed by atoms with E-state index in [2.05, 4.69) is 15.3 Å². The highest BCUT2D eigenvalue weighted by Gasteiger charge is 2.38. The number of para-hydroxylation sites is 1. The summed E-state index contributed by atoms with van der Waals surface area (Å²) in [4.78, 5) is 15.0. The quantitative estimate of drug-likeness (QED) is 0.261. The molecule has 7 heteroatoms. The molecule has 1 N–H and O–H groups in total. The van der Waals surface area contributed by atoms with E-state index in [1.807, 2.05) is 12.1 Å². The van der Waals surface area contributed by atoms with E-state index >= 15 is 0 Å². The second kappa shape index (κ2) is 8.14. The van der Waals surface area contributed by atoms with Gasteiger partial charge < -0.3 is 9.47 Å². The van der Waals surface area contributed by atoms with Gasteiger partial charge in [-0.05, 0) is 25.4 Å². The molecule has 1 aromatic carbocycles. The fourth-order valence-electron chi connectivity index (χ4n) is 2.01. The van der Waals surface area contributed by atoms with Crippen LogP contribution in [0.1, 0.15) is 19.4 Å². The Labute approximate surface area is 123 Å². The van der Waals surface area contributed by atoms with Gasteiger partial charge in [-0.1, -0.05) is 23.3 Å². The van der Waals surface area contributed by atoms with E-state index in [4.69, 9.17) is 15.0 Å². The van der Waals surface area contributed by atoms with E-state index in [0.717, 1.165) is 0 Å². The summed E-state index contributed by atoms with van der Waals surface area (Å²) in [6, 6.07) is 7.23. The number of methoxy groups -OCH3 is 1. The molecule has 0 aromatic heterocycles. The molecule has 0 saturated heterocycles. The Kier molecular flexibility index (Phi) is 6.52. The molecule has 1 atom stereocenters. The maximum atomic E-state index is 12.4. The number of carbonyl (C=O) groups excluding carboxylic acids is 1. The molecule has 0 aliphatic heterocycles. The Morgan fingerprint density at radius 3 is 2.81 bits per heavy atom. The highest BCUT2D eigenvalue weighted by molar-refractivity contribution is 5.83. The first kappa shape index (κ1) is 16.8. The molecule has 0 aliphatic carbocycles. The molecule has 1 rings (SSSR count). The molecular formula is C14H20N4O3. The van der Waals surface area contributed by atoms with Gasteiger partial charge in [-0.15, -0.1) is 0 Å². The third kappa shape index (κ3) is 4.11. The molecule has 114 valence electrons. The van der Waals surface area contributed by atoms with Crippen molar-refractivity contribution in [3.05, 3.63) is 40.3 Å². The van der Waals surface area contributed by atoms with E-state index in [-0.39, 0.29) is 13.2 Å². The third-order valence-corrected chi connectivity index (χ3v) is 3.08. The van der Waals surface area contributed by atoms with Crippen molar-refractivity contribution in [2.45, 2.75) is 19.4 Å². The largest absolute Gasteiger partial charge is 0.496 e. The lowest BCUT2D eigenvalue weighted by Crippen LogP contribution is -2.48. The van der Waals surface area contributed by atoms with Crippen molar-refractivity contribution in [3.63, 3.8) is 0 Å². The van der Waals surface area contributed by atoms with Crippen molar-refractivity contribution in [1.29, 1.82) is 0 Å². The van der Waals surface area contributed by atoms with Gasteiger partial charge in [0.1, 0.15) is 11.3 Å². The van der Waals surface area contributed by atoms with Crippen LogP contribution < -0.4 is 10.1 Å². The van der Waals surface area contributed by atoms with E-state index in [1.165, 1.54) is 0 Å². The van der Waals surface area contributed by atoms with Crippen LogP contribution in [0.4, 0.5) is 0 Å². The van der Waals surface area contributed by atoms with Gasteiger partial charge in [-0.3, -0.25) is 5.32 Å². The number of ether oxygens (including phenoxy) is 2. The molecule has 0 radical (unpaired) electrons. The number of esters is 1. The molecule has 0 saturated carbocycles. The van der Waals surface area contributed by atoms with E-state index in [0.29, 0.717) is 17.9 Å². The number of nitrogens with zero attached hydrogens (tertiary/aromatic N) is 3. The van der Waals surface area contributed by atoms with Crippen molar-refractivity contribution < 1.29 is 14.3 Å². The van der Waals surface area contributed by atoms with E-state index in [9.17, 15) is 4.79 Å². The lowest BCUT2D eigenvalue weighted by Gasteiger charge is -2.30. The summed E-state index contributed by atoms with van der Waals surface area (Å²) in [5.41, 5.74) is 7.90. The van der Waals surface area contributed by atoms with Gasteiger partial charge in [0.15, 0.2) is 0 Å². The number of hydrogen-bond acceptors (Lipinski definition) is 5. The molecule has 0 bridgehead atoms. The molecule has 21 heavy (non-hydrogen) atoms.